The van der Waals surface area contributed by atoms with Crippen LogP contribution < -0.4 is 15.4 Å². The summed E-state index contributed by atoms with van der Waals surface area (Å²) in [5.41, 5.74) is 3.23. The highest BCUT2D eigenvalue weighted by molar-refractivity contribution is 14.0. The number of ether oxygens (including phenoxy) is 1. The lowest BCUT2D eigenvalue weighted by atomic mass is 10.1. The Morgan fingerprint density at radius 1 is 1.06 bits per heavy atom. The van der Waals surface area contributed by atoms with Crippen LogP contribution in [0.1, 0.15) is 50.3 Å². The van der Waals surface area contributed by atoms with Crippen LogP contribution in [-0.2, 0) is 25.9 Å². The number of benzene rings is 1. The molecule has 0 aliphatic carbocycles. The first-order valence-electron chi connectivity index (χ1n) is 11.0. The molecule has 0 saturated carbocycles. The zero-order valence-corrected chi connectivity index (χ0v) is 21.9. The third kappa shape index (κ3) is 8.33. The van der Waals surface area contributed by atoms with Crippen LogP contribution >= 0.6 is 24.0 Å². The molecular formula is C23H38IN5O2. The fourth-order valence-electron chi connectivity index (χ4n) is 3.32. The summed E-state index contributed by atoms with van der Waals surface area (Å²) in [4.78, 5) is 6.70. The number of likely N-dealkylation sites (N-methyl/N-ethyl adjacent to an activating group) is 1. The van der Waals surface area contributed by atoms with Crippen molar-refractivity contribution in [2.75, 3.05) is 33.3 Å². The number of aromatic nitrogens is 1. The third-order valence-corrected chi connectivity index (χ3v) is 5.24. The van der Waals surface area contributed by atoms with Crippen LogP contribution in [0.5, 0.6) is 5.75 Å². The molecule has 0 unspecified atom stereocenters. The van der Waals surface area contributed by atoms with Gasteiger partial charge in [0.1, 0.15) is 18.1 Å². The molecule has 1 aromatic carbocycles. The minimum absolute atomic E-state index is 0. The van der Waals surface area contributed by atoms with Crippen LogP contribution in [0.2, 0.25) is 0 Å². The van der Waals surface area contributed by atoms with Crippen molar-refractivity contribution in [3.63, 3.8) is 0 Å². The van der Waals surface area contributed by atoms with Gasteiger partial charge in [-0.1, -0.05) is 51.1 Å². The summed E-state index contributed by atoms with van der Waals surface area (Å²) in [7, 11) is 1.77. The zero-order chi connectivity index (χ0) is 21.8. The second-order valence-corrected chi connectivity index (χ2v) is 7.00. The monoisotopic (exact) mass is 543 g/mol. The SMILES string of the molecule is CCc1noc(CC)c1CNC(=NC)NCc1ccccc1OCCN(CC)CC.I. The number of halogens is 1. The molecule has 174 valence electrons. The van der Waals surface area contributed by atoms with E-state index in [9.17, 15) is 0 Å². The van der Waals surface area contributed by atoms with Crippen molar-refractivity contribution in [1.82, 2.24) is 20.7 Å². The van der Waals surface area contributed by atoms with Gasteiger partial charge in [0.2, 0.25) is 0 Å². The maximum Gasteiger partial charge on any atom is 0.191 e. The summed E-state index contributed by atoms with van der Waals surface area (Å²) in [6.07, 6.45) is 1.68. The zero-order valence-electron chi connectivity index (χ0n) is 19.5. The molecule has 0 spiro atoms. The van der Waals surface area contributed by atoms with Crippen molar-refractivity contribution >= 4 is 29.9 Å². The molecule has 2 rings (SSSR count). The molecule has 1 heterocycles. The van der Waals surface area contributed by atoms with Gasteiger partial charge in [0, 0.05) is 44.2 Å². The van der Waals surface area contributed by atoms with Gasteiger partial charge < -0.3 is 24.8 Å². The van der Waals surface area contributed by atoms with E-state index >= 15 is 0 Å². The molecule has 0 radical (unpaired) electrons. The fraction of sp³-hybridized carbons (Fsp3) is 0.565. The first kappa shape index (κ1) is 27.2. The largest absolute Gasteiger partial charge is 0.492 e. The summed E-state index contributed by atoms with van der Waals surface area (Å²) in [5.74, 6) is 2.58. The number of para-hydroxylation sites is 1. The van der Waals surface area contributed by atoms with E-state index in [1.54, 1.807) is 7.05 Å². The number of guanidine groups is 1. The molecule has 0 bridgehead atoms. The highest BCUT2D eigenvalue weighted by atomic mass is 127. The van der Waals surface area contributed by atoms with Crippen LogP contribution in [0.4, 0.5) is 0 Å². The number of hydrogen-bond donors (Lipinski definition) is 2. The molecule has 7 nitrogen and oxygen atoms in total. The van der Waals surface area contributed by atoms with E-state index in [1.807, 2.05) is 18.2 Å². The van der Waals surface area contributed by atoms with Gasteiger partial charge in [0.15, 0.2) is 5.96 Å². The quantitative estimate of drug-likeness (QED) is 0.240. The van der Waals surface area contributed by atoms with Crippen molar-refractivity contribution < 1.29 is 9.26 Å². The predicted molar refractivity (Wildman–Crippen MR) is 137 cm³/mol. The lowest BCUT2D eigenvalue weighted by molar-refractivity contribution is 0.221. The van der Waals surface area contributed by atoms with Crippen molar-refractivity contribution in [2.45, 2.75) is 53.6 Å². The van der Waals surface area contributed by atoms with E-state index in [0.29, 0.717) is 19.7 Å². The molecule has 2 N–H and O–H groups in total. The normalized spacial score (nSPS) is 11.4. The maximum atomic E-state index is 6.05. The molecule has 0 atom stereocenters. The lowest BCUT2D eigenvalue weighted by Gasteiger charge is -2.19. The van der Waals surface area contributed by atoms with Gasteiger partial charge in [-0.3, -0.25) is 4.99 Å². The van der Waals surface area contributed by atoms with Gasteiger partial charge in [0.05, 0.1) is 5.69 Å². The summed E-state index contributed by atoms with van der Waals surface area (Å²) < 4.78 is 11.5. The third-order valence-electron chi connectivity index (χ3n) is 5.24. The van der Waals surface area contributed by atoms with Gasteiger partial charge in [-0.25, -0.2) is 0 Å². The van der Waals surface area contributed by atoms with E-state index < -0.39 is 0 Å². The van der Waals surface area contributed by atoms with E-state index in [4.69, 9.17) is 9.26 Å². The van der Waals surface area contributed by atoms with Crippen molar-refractivity contribution in [1.29, 1.82) is 0 Å². The first-order chi connectivity index (χ1) is 14.7. The number of rotatable bonds is 12. The average molecular weight is 543 g/mol. The van der Waals surface area contributed by atoms with E-state index in [-0.39, 0.29) is 24.0 Å². The minimum Gasteiger partial charge on any atom is -0.492 e. The smallest absolute Gasteiger partial charge is 0.191 e. The summed E-state index contributed by atoms with van der Waals surface area (Å²) in [6.45, 7) is 13.5. The Labute approximate surface area is 204 Å². The fourth-order valence-corrected chi connectivity index (χ4v) is 3.32. The van der Waals surface area contributed by atoms with Crippen LogP contribution in [0.3, 0.4) is 0 Å². The van der Waals surface area contributed by atoms with Crippen molar-refractivity contribution in [2.24, 2.45) is 4.99 Å². The molecule has 0 fully saturated rings. The van der Waals surface area contributed by atoms with Crippen LogP contribution in [-0.4, -0.2) is 49.3 Å². The molecule has 31 heavy (non-hydrogen) atoms. The van der Waals surface area contributed by atoms with E-state index in [1.165, 1.54) is 0 Å². The Balaban J connectivity index is 0.00000480. The average Bonchev–Trinajstić information content (AvgIpc) is 3.19. The molecular weight excluding hydrogens is 505 g/mol. The standard InChI is InChI=1S/C23H37N5O2.HI/c1-6-20-19(21(7-2)30-27-20)17-26-23(24-5)25-16-18-12-10-11-13-22(18)29-15-14-28(8-3)9-4;/h10-13H,6-9,14-17H2,1-5H3,(H2,24,25,26);1H. The predicted octanol–water partition coefficient (Wildman–Crippen LogP) is 4.00. The molecule has 0 aliphatic rings. The van der Waals surface area contributed by atoms with Gasteiger partial charge in [0.25, 0.3) is 0 Å². The lowest BCUT2D eigenvalue weighted by Crippen LogP contribution is -2.36. The second kappa shape index (κ2) is 15.1. The summed E-state index contributed by atoms with van der Waals surface area (Å²) >= 11 is 0. The van der Waals surface area contributed by atoms with Gasteiger partial charge in [-0.15, -0.1) is 24.0 Å². The van der Waals surface area contributed by atoms with Crippen molar-refractivity contribution in [3.05, 3.63) is 46.8 Å². The molecule has 0 aliphatic heterocycles. The second-order valence-electron chi connectivity index (χ2n) is 7.00. The molecule has 0 saturated heterocycles. The molecule has 2 aromatic rings. The Morgan fingerprint density at radius 2 is 1.77 bits per heavy atom. The number of hydrogen-bond acceptors (Lipinski definition) is 5. The Kier molecular flexibility index (Phi) is 13.2. The summed E-state index contributed by atoms with van der Waals surface area (Å²) in [6, 6.07) is 8.14. The summed E-state index contributed by atoms with van der Waals surface area (Å²) in [5, 5.41) is 10.9. The van der Waals surface area contributed by atoms with Gasteiger partial charge in [-0.2, -0.15) is 0 Å². The van der Waals surface area contributed by atoms with Crippen LogP contribution in [0, 0.1) is 0 Å². The highest BCUT2D eigenvalue weighted by Gasteiger charge is 2.14. The maximum absolute atomic E-state index is 6.05. The van der Waals surface area contributed by atoms with Gasteiger partial charge >= 0.3 is 0 Å². The Morgan fingerprint density at radius 3 is 2.42 bits per heavy atom. The van der Waals surface area contributed by atoms with E-state index in [0.717, 1.165) is 66.8 Å². The molecule has 8 heteroatoms. The number of nitrogens with zero attached hydrogens (tertiary/aromatic N) is 3. The number of aryl methyl sites for hydroxylation is 2. The first-order valence-corrected chi connectivity index (χ1v) is 11.0. The van der Waals surface area contributed by atoms with Crippen LogP contribution in [0.25, 0.3) is 0 Å². The molecule has 1 aromatic heterocycles. The van der Waals surface area contributed by atoms with Gasteiger partial charge in [-0.05, 0) is 25.6 Å². The van der Waals surface area contributed by atoms with Crippen molar-refractivity contribution in [3.8, 4) is 5.75 Å². The Bertz CT molecular complexity index is 769. The number of nitrogens with one attached hydrogen (secondary N) is 2. The molecule has 0 amide bonds. The van der Waals surface area contributed by atoms with E-state index in [2.05, 4.69) is 59.4 Å². The number of aliphatic imine (C=N–C) groups is 1. The minimum atomic E-state index is 0. The highest BCUT2D eigenvalue weighted by Crippen LogP contribution is 2.18. The Hall–Kier alpha value is -1.81. The topological polar surface area (TPSA) is 74.9 Å². The van der Waals surface area contributed by atoms with Crippen LogP contribution in [0.15, 0.2) is 33.8 Å².